The van der Waals surface area contributed by atoms with Crippen molar-refractivity contribution in [3.63, 3.8) is 0 Å². The minimum absolute atomic E-state index is 0.0714. The maximum atomic E-state index is 12.0. The van der Waals surface area contributed by atoms with E-state index in [1.165, 1.54) is 0 Å². The van der Waals surface area contributed by atoms with E-state index in [1.807, 2.05) is 24.4 Å². The Balaban J connectivity index is 1.24. The molecule has 184 valence electrons. The van der Waals surface area contributed by atoms with Crippen molar-refractivity contribution in [3.05, 3.63) is 30.0 Å². The molecule has 0 unspecified atom stereocenters. The van der Waals surface area contributed by atoms with Crippen LogP contribution in [0.15, 0.2) is 24.4 Å². The molecule has 0 radical (unpaired) electrons. The third-order valence-corrected chi connectivity index (χ3v) is 7.85. The summed E-state index contributed by atoms with van der Waals surface area (Å²) in [5.41, 5.74) is 10.4. The van der Waals surface area contributed by atoms with Crippen molar-refractivity contribution in [1.82, 2.24) is 25.5 Å². The molecule has 1 amide bonds. The van der Waals surface area contributed by atoms with E-state index in [0.29, 0.717) is 11.2 Å². The van der Waals surface area contributed by atoms with E-state index in [-0.39, 0.29) is 23.5 Å². The van der Waals surface area contributed by atoms with E-state index in [1.54, 1.807) is 7.05 Å². The standard InChI is InChI=1S/C24H31N9O2/c1-14-20(25)24(13-35-14)5-8-32(9-6-24)18-12-28-19-21(29-18)30-31-22(19)33-10-7-27-16-11-15(23(34)26-2)3-4-17(16)33/h3-4,11-12,14,20,27H,5-10,13,25H2,1-2H3,(H,26,34)(H,29,30,31)/t14-,20+/m0/s1. The number of anilines is 4. The quantitative estimate of drug-likeness (QED) is 0.443. The summed E-state index contributed by atoms with van der Waals surface area (Å²) in [6.07, 6.45) is 3.93. The van der Waals surface area contributed by atoms with Crippen LogP contribution in [0.3, 0.4) is 0 Å². The third-order valence-electron chi connectivity index (χ3n) is 7.85. The fourth-order valence-corrected chi connectivity index (χ4v) is 5.62. The van der Waals surface area contributed by atoms with Gasteiger partial charge in [-0.25, -0.2) is 9.97 Å². The average Bonchev–Trinajstić information content (AvgIpc) is 3.44. The number of hydrogen-bond acceptors (Lipinski definition) is 9. The fourth-order valence-electron chi connectivity index (χ4n) is 5.62. The van der Waals surface area contributed by atoms with Crippen molar-refractivity contribution >= 4 is 40.1 Å². The molecule has 1 aromatic carbocycles. The van der Waals surface area contributed by atoms with Crippen LogP contribution in [0.1, 0.15) is 30.1 Å². The van der Waals surface area contributed by atoms with Crippen LogP contribution in [0, 0.1) is 5.41 Å². The van der Waals surface area contributed by atoms with Gasteiger partial charge < -0.3 is 30.9 Å². The molecule has 2 saturated heterocycles. The highest BCUT2D eigenvalue weighted by molar-refractivity contribution is 5.97. The zero-order valence-electron chi connectivity index (χ0n) is 20.0. The van der Waals surface area contributed by atoms with Gasteiger partial charge in [0.2, 0.25) is 0 Å². The second-order valence-electron chi connectivity index (χ2n) is 9.75. The molecule has 1 spiro atoms. The number of carbonyl (C=O) groups excluding carboxylic acids is 1. The molecule has 3 aromatic rings. The second-order valence-corrected chi connectivity index (χ2v) is 9.75. The number of piperidine rings is 1. The Morgan fingerprint density at radius 3 is 2.86 bits per heavy atom. The molecule has 2 aromatic heterocycles. The van der Waals surface area contributed by atoms with Gasteiger partial charge in [0.15, 0.2) is 17.0 Å². The Morgan fingerprint density at radius 2 is 2.11 bits per heavy atom. The largest absolute Gasteiger partial charge is 0.382 e. The number of rotatable bonds is 3. The number of fused-ring (bicyclic) bond motifs is 2. The first kappa shape index (κ1) is 22.1. The second kappa shape index (κ2) is 8.35. The minimum atomic E-state index is -0.115. The van der Waals surface area contributed by atoms with Gasteiger partial charge in [-0.2, -0.15) is 5.10 Å². The molecule has 3 aliphatic rings. The molecule has 2 atom stereocenters. The molecule has 0 bridgehead atoms. The molecule has 0 saturated carbocycles. The molecule has 5 heterocycles. The predicted molar refractivity (Wildman–Crippen MR) is 134 cm³/mol. The highest BCUT2D eigenvalue weighted by atomic mass is 16.5. The van der Waals surface area contributed by atoms with Crippen molar-refractivity contribution in [3.8, 4) is 0 Å². The van der Waals surface area contributed by atoms with Gasteiger partial charge in [0.25, 0.3) is 5.91 Å². The van der Waals surface area contributed by atoms with Gasteiger partial charge in [0, 0.05) is 50.2 Å². The number of nitrogens with two attached hydrogens (primary N) is 1. The molecule has 35 heavy (non-hydrogen) atoms. The molecular formula is C24H31N9O2. The normalized spacial score (nSPS) is 23.4. The average molecular weight is 478 g/mol. The van der Waals surface area contributed by atoms with Gasteiger partial charge in [0.1, 0.15) is 5.82 Å². The molecule has 0 aliphatic carbocycles. The Bertz CT molecular complexity index is 1270. The maximum absolute atomic E-state index is 12.0. The van der Waals surface area contributed by atoms with E-state index in [4.69, 9.17) is 20.4 Å². The lowest BCUT2D eigenvalue weighted by Crippen LogP contribution is -2.50. The first-order valence-electron chi connectivity index (χ1n) is 12.2. The lowest BCUT2D eigenvalue weighted by Gasteiger charge is -2.41. The zero-order chi connectivity index (χ0) is 24.2. The van der Waals surface area contributed by atoms with Gasteiger partial charge in [-0.3, -0.25) is 9.89 Å². The number of aromatic amines is 1. The molecule has 11 heteroatoms. The summed E-state index contributed by atoms with van der Waals surface area (Å²) in [6, 6.07) is 5.71. The number of ether oxygens (including phenoxy) is 1. The van der Waals surface area contributed by atoms with Gasteiger partial charge in [0.05, 0.1) is 30.3 Å². The lowest BCUT2D eigenvalue weighted by molar-refractivity contribution is 0.0962. The minimum Gasteiger partial charge on any atom is -0.382 e. The molecule has 3 aliphatic heterocycles. The van der Waals surface area contributed by atoms with E-state index in [0.717, 1.165) is 74.2 Å². The van der Waals surface area contributed by atoms with Crippen LogP contribution < -0.4 is 26.2 Å². The monoisotopic (exact) mass is 477 g/mol. The number of hydrogen-bond donors (Lipinski definition) is 4. The summed E-state index contributed by atoms with van der Waals surface area (Å²) < 4.78 is 5.85. The Hall–Kier alpha value is -3.44. The number of benzene rings is 1. The summed E-state index contributed by atoms with van der Waals surface area (Å²) in [4.78, 5) is 26.1. The molecule has 2 fully saturated rings. The highest BCUT2D eigenvalue weighted by Gasteiger charge is 2.47. The highest BCUT2D eigenvalue weighted by Crippen LogP contribution is 2.42. The summed E-state index contributed by atoms with van der Waals surface area (Å²) in [5, 5.41) is 13.7. The van der Waals surface area contributed by atoms with Crippen LogP contribution in [0.25, 0.3) is 11.2 Å². The molecular weight excluding hydrogens is 446 g/mol. The maximum Gasteiger partial charge on any atom is 0.251 e. The van der Waals surface area contributed by atoms with E-state index in [9.17, 15) is 4.79 Å². The van der Waals surface area contributed by atoms with Crippen LogP contribution >= 0.6 is 0 Å². The number of nitrogens with zero attached hydrogens (tertiary/aromatic N) is 5. The number of carbonyl (C=O) groups is 1. The SMILES string of the molecule is CNC(=O)c1ccc2c(c1)NCCN2c1n[nH]c2nc(N3CCC4(CC3)CO[C@@H](C)[C@H]4N)cnc12. The lowest BCUT2D eigenvalue weighted by atomic mass is 9.73. The van der Waals surface area contributed by atoms with Crippen LogP contribution in [0.5, 0.6) is 0 Å². The van der Waals surface area contributed by atoms with Crippen LogP contribution in [-0.4, -0.2) is 78.1 Å². The summed E-state index contributed by atoms with van der Waals surface area (Å²) in [5.74, 6) is 1.46. The van der Waals surface area contributed by atoms with Crippen molar-refractivity contribution in [2.24, 2.45) is 11.1 Å². The van der Waals surface area contributed by atoms with Crippen molar-refractivity contribution in [1.29, 1.82) is 0 Å². The molecule has 6 rings (SSSR count). The van der Waals surface area contributed by atoms with E-state index < -0.39 is 0 Å². The molecule has 5 N–H and O–H groups in total. The third kappa shape index (κ3) is 3.57. The van der Waals surface area contributed by atoms with Gasteiger partial charge >= 0.3 is 0 Å². The van der Waals surface area contributed by atoms with Gasteiger partial charge in [-0.1, -0.05) is 0 Å². The topological polar surface area (TPSA) is 137 Å². The Labute approximate surface area is 203 Å². The van der Waals surface area contributed by atoms with Crippen LogP contribution in [0.2, 0.25) is 0 Å². The summed E-state index contributed by atoms with van der Waals surface area (Å²) >= 11 is 0. The summed E-state index contributed by atoms with van der Waals surface area (Å²) in [7, 11) is 1.63. The summed E-state index contributed by atoms with van der Waals surface area (Å²) in [6.45, 7) is 6.02. The zero-order valence-corrected chi connectivity index (χ0v) is 20.0. The van der Waals surface area contributed by atoms with E-state index in [2.05, 4.69) is 37.6 Å². The van der Waals surface area contributed by atoms with Crippen molar-refractivity contribution < 1.29 is 9.53 Å². The van der Waals surface area contributed by atoms with Crippen molar-refractivity contribution in [2.75, 3.05) is 55.0 Å². The van der Waals surface area contributed by atoms with Crippen molar-refractivity contribution in [2.45, 2.75) is 31.9 Å². The van der Waals surface area contributed by atoms with E-state index >= 15 is 0 Å². The predicted octanol–water partition coefficient (Wildman–Crippen LogP) is 1.61. The number of aromatic nitrogens is 4. The van der Waals surface area contributed by atoms with Crippen LogP contribution in [-0.2, 0) is 4.74 Å². The van der Waals surface area contributed by atoms with Gasteiger partial charge in [-0.15, -0.1) is 0 Å². The number of H-pyrrole nitrogens is 1. The Morgan fingerprint density at radius 1 is 1.29 bits per heavy atom. The first-order chi connectivity index (χ1) is 17.0. The first-order valence-corrected chi connectivity index (χ1v) is 12.2. The number of nitrogens with one attached hydrogen (secondary N) is 3. The fraction of sp³-hybridized carbons (Fsp3) is 0.500. The molecule has 11 nitrogen and oxygen atoms in total. The van der Waals surface area contributed by atoms with Crippen LogP contribution in [0.4, 0.5) is 23.0 Å². The van der Waals surface area contributed by atoms with Gasteiger partial charge in [-0.05, 0) is 38.0 Å². The smallest absolute Gasteiger partial charge is 0.251 e. The Kier molecular flexibility index (Phi) is 5.26. The number of amides is 1.